The van der Waals surface area contributed by atoms with E-state index in [1.165, 1.54) is 0 Å². The number of aromatic nitrogens is 1. The van der Waals surface area contributed by atoms with Crippen LogP contribution in [0, 0.1) is 19.3 Å². The van der Waals surface area contributed by atoms with Crippen LogP contribution in [0.15, 0.2) is 54.6 Å². The molecule has 186 valence electrons. The first-order valence-corrected chi connectivity index (χ1v) is 11.9. The minimum absolute atomic E-state index is 0.0473. The van der Waals surface area contributed by atoms with Crippen LogP contribution in [-0.2, 0) is 4.79 Å². The van der Waals surface area contributed by atoms with Crippen molar-refractivity contribution in [3.05, 3.63) is 71.4 Å². The number of benzene rings is 2. The Morgan fingerprint density at radius 2 is 2.00 bits per heavy atom. The molecule has 36 heavy (non-hydrogen) atoms. The van der Waals surface area contributed by atoms with E-state index in [0.29, 0.717) is 37.4 Å². The molecule has 1 aliphatic heterocycles. The van der Waals surface area contributed by atoms with Gasteiger partial charge in [-0.15, -0.1) is 6.42 Å². The van der Waals surface area contributed by atoms with Gasteiger partial charge in [0.15, 0.2) is 0 Å². The molecule has 3 N–H and O–H groups in total. The SMILES string of the molecule is C#CCN1CCC(CC(=O)NO)(NC(=O)c2ccc(OC(C)c3cc(C)nc4ccccc34)cc2)C1. The molecule has 8 nitrogen and oxygen atoms in total. The number of hydroxylamine groups is 1. The smallest absolute Gasteiger partial charge is 0.251 e. The highest BCUT2D eigenvalue weighted by molar-refractivity contribution is 5.95. The first-order chi connectivity index (χ1) is 17.3. The molecule has 8 heteroatoms. The summed E-state index contributed by atoms with van der Waals surface area (Å²) in [6.45, 7) is 5.45. The van der Waals surface area contributed by atoms with Crippen molar-refractivity contribution in [2.45, 2.75) is 38.3 Å². The average molecular weight is 487 g/mol. The Balaban J connectivity index is 1.47. The number of hydrogen-bond donors (Lipinski definition) is 3. The van der Waals surface area contributed by atoms with E-state index >= 15 is 0 Å². The van der Waals surface area contributed by atoms with Crippen molar-refractivity contribution in [1.29, 1.82) is 0 Å². The van der Waals surface area contributed by atoms with Gasteiger partial charge in [0.25, 0.3) is 5.91 Å². The molecule has 0 bridgehead atoms. The van der Waals surface area contributed by atoms with E-state index in [9.17, 15) is 9.59 Å². The Morgan fingerprint density at radius 1 is 1.25 bits per heavy atom. The lowest BCUT2D eigenvalue weighted by Crippen LogP contribution is -2.53. The van der Waals surface area contributed by atoms with Crippen LogP contribution in [0.3, 0.4) is 0 Å². The normalized spacial score (nSPS) is 18.4. The minimum atomic E-state index is -0.815. The molecular formula is C28H30N4O4. The maximum absolute atomic E-state index is 13.1. The zero-order valence-electron chi connectivity index (χ0n) is 20.5. The van der Waals surface area contributed by atoms with Crippen molar-refractivity contribution in [1.82, 2.24) is 20.7 Å². The number of pyridine rings is 1. The van der Waals surface area contributed by atoms with E-state index in [1.54, 1.807) is 29.7 Å². The highest BCUT2D eigenvalue weighted by Gasteiger charge is 2.41. The number of amides is 2. The molecule has 0 saturated carbocycles. The predicted molar refractivity (Wildman–Crippen MR) is 137 cm³/mol. The van der Waals surface area contributed by atoms with Gasteiger partial charge in [0, 0.05) is 35.3 Å². The van der Waals surface area contributed by atoms with Gasteiger partial charge in [-0.2, -0.15) is 0 Å². The summed E-state index contributed by atoms with van der Waals surface area (Å²) in [4.78, 5) is 31.6. The lowest BCUT2D eigenvalue weighted by atomic mass is 9.93. The molecule has 2 unspecified atom stereocenters. The molecule has 2 amide bonds. The quantitative estimate of drug-likeness (QED) is 0.256. The third kappa shape index (κ3) is 5.65. The third-order valence-corrected chi connectivity index (χ3v) is 6.49. The number of carbonyl (C=O) groups excluding carboxylic acids is 2. The topological polar surface area (TPSA) is 104 Å². The molecule has 1 aliphatic rings. The van der Waals surface area contributed by atoms with Crippen LogP contribution in [0.25, 0.3) is 10.9 Å². The van der Waals surface area contributed by atoms with Gasteiger partial charge in [-0.1, -0.05) is 24.1 Å². The number of fused-ring (bicyclic) bond motifs is 1. The Bertz CT molecular complexity index is 1300. The lowest BCUT2D eigenvalue weighted by molar-refractivity contribution is -0.130. The van der Waals surface area contributed by atoms with Crippen LogP contribution in [0.4, 0.5) is 0 Å². The second-order valence-corrected chi connectivity index (χ2v) is 9.27. The standard InChI is InChI=1S/C28H30N4O4/c1-4-14-32-15-13-28(18-32,17-26(33)31-35)30-27(34)21-9-11-22(12-10-21)36-20(3)24-16-19(2)29-25-8-6-5-7-23(24)25/h1,5-12,16,20,35H,13-15,17-18H2,2-3H3,(H,30,34)(H,31,33). The van der Waals surface area contributed by atoms with Crippen molar-refractivity contribution >= 4 is 22.7 Å². The molecule has 3 aromatic rings. The molecule has 4 rings (SSSR count). The van der Waals surface area contributed by atoms with E-state index in [2.05, 4.69) is 16.2 Å². The van der Waals surface area contributed by atoms with Gasteiger partial charge >= 0.3 is 0 Å². The second-order valence-electron chi connectivity index (χ2n) is 9.27. The van der Waals surface area contributed by atoms with Crippen LogP contribution in [0.2, 0.25) is 0 Å². The van der Waals surface area contributed by atoms with E-state index in [0.717, 1.165) is 22.2 Å². The molecule has 0 spiro atoms. The summed E-state index contributed by atoms with van der Waals surface area (Å²) < 4.78 is 6.19. The fourth-order valence-corrected chi connectivity index (χ4v) is 4.80. The summed E-state index contributed by atoms with van der Waals surface area (Å²) in [5, 5.41) is 13.1. The van der Waals surface area contributed by atoms with Gasteiger partial charge in [0.05, 0.1) is 24.0 Å². The molecule has 2 atom stereocenters. The van der Waals surface area contributed by atoms with Crippen LogP contribution in [0.1, 0.15) is 47.5 Å². The number of carbonyl (C=O) groups is 2. The van der Waals surface area contributed by atoms with Gasteiger partial charge in [-0.25, -0.2) is 5.48 Å². The van der Waals surface area contributed by atoms with E-state index in [-0.39, 0.29) is 18.4 Å². The van der Waals surface area contributed by atoms with E-state index < -0.39 is 11.4 Å². The molecule has 1 aromatic heterocycles. The molecule has 1 saturated heterocycles. The summed E-state index contributed by atoms with van der Waals surface area (Å²) in [6.07, 6.45) is 5.70. The minimum Gasteiger partial charge on any atom is -0.486 e. The number of aryl methyl sites for hydroxylation is 1. The van der Waals surface area contributed by atoms with Crippen molar-refractivity contribution in [3.8, 4) is 18.1 Å². The summed E-state index contributed by atoms with van der Waals surface area (Å²) in [5.74, 6) is 2.36. The van der Waals surface area contributed by atoms with Crippen molar-refractivity contribution in [3.63, 3.8) is 0 Å². The molecule has 0 radical (unpaired) electrons. The number of terminal acetylenes is 1. The van der Waals surface area contributed by atoms with Gasteiger partial charge in [-0.05, 0) is 56.7 Å². The summed E-state index contributed by atoms with van der Waals surface area (Å²) in [6, 6.07) is 16.9. The van der Waals surface area contributed by atoms with Crippen LogP contribution in [-0.4, -0.2) is 52.1 Å². The Kier molecular flexibility index (Phi) is 7.53. The second kappa shape index (κ2) is 10.8. The summed E-state index contributed by atoms with van der Waals surface area (Å²) >= 11 is 0. The van der Waals surface area contributed by atoms with Crippen molar-refractivity contribution < 1.29 is 19.5 Å². The molecular weight excluding hydrogens is 456 g/mol. The lowest BCUT2D eigenvalue weighted by Gasteiger charge is -2.30. The average Bonchev–Trinajstić information content (AvgIpc) is 3.25. The van der Waals surface area contributed by atoms with E-state index in [4.69, 9.17) is 16.4 Å². The fraction of sp³-hybridized carbons (Fsp3) is 0.321. The first-order valence-electron chi connectivity index (χ1n) is 11.9. The number of nitrogens with zero attached hydrogens (tertiary/aromatic N) is 2. The Hall–Kier alpha value is -3.93. The number of hydrogen-bond acceptors (Lipinski definition) is 6. The number of para-hydroxylation sites is 1. The number of rotatable bonds is 8. The Morgan fingerprint density at radius 3 is 2.72 bits per heavy atom. The van der Waals surface area contributed by atoms with Crippen molar-refractivity contribution in [2.75, 3.05) is 19.6 Å². The summed E-state index contributed by atoms with van der Waals surface area (Å²) in [7, 11) is 0. The van der Waals surface area contributed by atoms with Gasteiger partial charge in [-0.3, -0.25) is 24.7 Å². The zero-order chi connectivity index (χ0) is 25.7. The number of ether oxygens (including phenoxy) is 1. The third-order valence-electron chi connectivity index (χ3n) is 6.49. The maximum atomic E-state index is 13.1. The predicted octanol–water partition coefficient (Wildman–Crippen LogP) is 3.39. The van der Waals surface area contributed by atoms with Crippen LogP contribution in [0.5, 0.6) is 5.75 Å². The molecule has 2 aromatic carbocycles. The van der Waals surface area contributed by atoms with Crippen LogP contribution < -0.4 is 15.5 Å². The largest absolute Gasteiger partial charge is 0.486 e. The molecule has 0 aliphatic carbocycles. The Labute approximate surface area is 210 Å². The monoisotopic (exact) mass is 486 g/mol. The molecule has 1 fully saturated rings. The highest BCUT2D eigenvalue weighted by atomic mass is 16.5. The number of nitrogens with one attached hydrogen (secondary N) is 2. The fourth-order valence-electron chi connectivity index (χ4n) is 4.80. The van der Waals surface area contributed by atoms with Gasteiger partial charge in [0.2, 0.25) is 5.91 Å². The zero-order valence-corrected chi connectivity index (χ0v) is 20.5. The van der Waals surface area contributed by atoms with Gasteiger partial charge < -0.3 is 10.1 Å². The van der Waals surface area contributed by atoms with E-state index in [1.807, 2.05) is 49.1 Å². The first kappa shape index (κ1) is 25.2. The summed E-state index contributed by atoms with van der Waals surface area (Å²) in [5.41, 5.74) is 4.17. The van der Waals surface area contributed by atoms with Gasteiger partial charge in [0.1, 0.15) is 11.9 Å². The molecule has 2 heterocycles. The van der Waals surface area contributed by atoms with Crippen LogP contribution >= 0.6 is 0 Å². The number of likely N-dealkylation sites (tertiary alicyclic amines) is 1. The van der Waals surface area contributed by atoms with Crippen molar-refractivity contribution in [2.24, 2.45) is 0 Å². The maximum Gasteiger partial charge on any atom is 0.251 e. The highest BCUT2D eigenvalue weighted by Crippen LogP contribution is 2.29.